The van der Waals surface area contributed by atoms with E-state index >= 15 is 0 Å². The van der Waals surface area contributed by atoms with E-state index in [2.05, 4.69) is 5.32 Å². The Bertz CT molecular complexity index is 906. The molecule has 0 aliphatic carbocycles. The summed E-state index contributed by atoms with van der Waals surface area (Å²) in [5, 5.41) is 4.94. The lowest BCUT2D eigenvalue weighted by Gasteiger charge is -2.08. The zero-order valence-electron chi connectivity index (χ0n) is 13.2. The van der Waals surface area contributed by atoms with Crippen molar-refractivity contribution in [2.24, 2.45) is 0 Å². The Morgan fingerprint density at radius 2 is 1.71 bits per heavy atom. The number of ether oxygens (including phenoxy) is 1. The lowest BCUT2D eigenvalue weighted by Crippen LogP contribution is -2.39. The SMILES string of the molecule is COC(=O)c1ccccc1NC(=O)C[n+]1ccc2ccccc2c1. The maximum atomic E-state index is 12.3. The van der Waals surface area contributed by atoms with Crippen molar-refractivity contribution in [2.75, 3.05) is 12.4 Å². The minimum Gasteiger partial charge on any atom is -0.465 e. The number of aromatic nitrogens is 1. The highest BCUT2D eigenvalue weighted by Gasteiger charge is 2.15. The predicted molar refractivity (Wildman–Crippen MR) is 90.6 cm³/mol. The van der Waals surface area contributed by atoms with Crippen LogP contribution in [0, 0.1) is 0 Å². The molecule has 0 radical (unpaired) electrons. The summed E-state index contributed by atoms with van der Waals surface area (Å²) in [5.41, 5.74) is 0.771. The fourth-order valence-electron chi connectivity index (χ4n) is 2.51. The molecule has 1 N–H and O–H groups in total. The summed E-state index contributed by atoms with van der Waals surface area (Å²) in [7, 11) is 1.31. The van der Waals surface area contributed by atoms with Gasteiger partial charge in [0, 0.05) is 11.5 Å². The molecule has 0 fully saturated rings. The Balaban J connectivity index is 1.77. The first kappa shape index (κ1) is 15.7. The number of benzene rings is 2. The van der Waals surface area contributed by atoms with Gasteiger partial charge in [-0.05, 0) is 23.6 Å². The Morgan fingerprint density at radius 1 is 1.00 bits per heavy atom. The van der Waals surface area contributed by atoms with Crippen LogP contribution in [-0.4, -0.2) is 19.0 Å². The highest BCUT2D eigenvalue weighted by molar-refractivity contribution is 6.00. The minimum absolute atomic E-state index is 0.153. The molecule has 0 aliphatic heterocycles. The van der Waals surface area contributed by atoms with Crippen LogP contribution in [0.15, 0.2) is 67.0 Å². The van der Waals surface area contributed by atoms with Crippen molar-refractivity contribution >= 4 is 28.3 Å². The molecule has 24 heavy (non-hydrogen) atoms. The number of nitrogens with zero attached hydrogens (tertiary/aromatic N) is 1. The van der Waals surface area contributed by atoms with Crippen molar-refractivity contribution in [1.82, 2.24) is 0 Å². The smallest absolute Gasteiger partial charge is 0.339 e. The van der Waals surface area contributed by atoms with Gasteiger partial charge in [-0.1, -0.05) is 30.3 Å². The molecule has 5 heteroatoms. The third kappa shape index (κ3) is 3.41. The van der Waals surface area contributed by atoms with E-state index in [-0.39, 0.29) is 12.5 Å². The summed E-state index contributed by atoms with van der Waals surface area (Å²) in [6, 6.07) is 16.7. The number of pyridine rings is 1. The van der Waals surface area contributed by atoms with E-state index in [9.17, 15) is 9.59 Å². The molecule has 0 bridgehead atoms. The molecular weight excluding hydrogens is 304 g/mol. The van der Waals surface area contributed by atoms with Gasteiger partial charge in [-0.2, -0.15) is 4.57 Å². The van der Waals surface area contributed by atoms with Crippen LogP contribution in [-0.2, 0) is 16.1 Å². The third-order valence-electron chi connectivity index (χ3n) is 3.68. The van der Waals surface area contributed by atoms with E-state index in [1.54, 1.807) is 28.8 Å². The number of anilines is 1. The van der Waals surface area contributed by atoms with E-state index in [0.717, 1.165) is 10.8 Å². The summed E-state index contributed by atoms with van der Waals surface area (Å²) < 4.78 is 6.53. The highest BCUT2D eigenvalue weighted by atomic mass is 16.5. The number of hydrogen-bond acceptors (Lipinski definition) is 3. The first-order chi connectivity index (χ1) is 11.7. The first-order valence-electron chi connectivity index (χ1n) is 7.52. The number of rotatable bonds is 4. The summed E-state index contributed by atoms with van der Waals surface area (Å²) in [6.45, 7) is 0.153. The molecule has 0 atom stereocenters. The zero-order chi connectivity index (χ0) is 16.9. The van der Waals surface area contributed by atoms with Crippen molar-refractivity contribution in [3.05, 3.63) is 72.6 Å². The van der Waals surface area contributed by atoms with Crippen LogP contribution in [0.5, 0.6) is 0 Å². The standard InChI is InChI=1S/C19H16N2O3/c1-24-19(23)16-8-4-5-9-17(16)20-18(22)13-21-11-10-14-6-2-3-7-15(14)12-21/h2-12H,13H2,1H3/p+1. The van der Waals surface area contributed by atoms with Gasteiger partial charge in [0.05, 0.1) is 18.4 Å². The molecule has 1 heterocycles. The second-order valence-corrected chi connectivity index (χ2v) is 5.33. The summed E-state index contributed by atoms with van der Waals surface area (Å²) in [5.74, 6) is -0.698. The van der Waals surface area contributed by atoms with Crippen molar-refractivity contribution in [2.45, 2.75) is 6.54 Å². The van der Waals surface area contributed by atoms with Gasteiger partial charge in [-0.25, -0.2) is 4.79 Å². The molecule has 3 rings (SSSR count). The molecule has 0 saturated carbocycles. The average Bonchev–Trinajstić information content (AvgIpc) is 2.61. The lowest BCUT2D eigenvalue weighted by atomic mass is 10.1. The average molecular weight is 321 g/mol. The van der Waals surface area contributed by atoms with Crippen LogP contribution in [0.3, 0.4) is 0 Å². The van der Waals surface area contributed by atoms with Crippen LogP contribution in [0.2, 0.25) is 0 Å². The molecule has 0 unspecified atom stereocenters. The number of carbonyl (C=O) groups excluding carboxylic acids is 2. The third-order valence-corrected chi connectivity index (χ3v) is 3.68. The monoisotopic (exact) mass is 321 g/mol. The molecule has 0 aliphatic rings. The van der Waals surface area contributed by atoms with Gasteiger partial charge < -0.3 is 10.1 Å². The van der Waals surface area contributed by atoms with E-state index in [1.807, 2.05) is 42.7 Å². The molecule has 2 aromatic carbocycles. The number of nitrogens with one attached hydrogen (secondary N) is 1. The number of fused-ring (bicyclic) bond motifs is 1. The number of hydrogen-bond donors (Lipinski definition) is 1. The van der Waals surface area contributed by atoms with E-state index in [0.29, 0.717) is 11.3 Å². The van der Waals surface area contributed by atoms with Crippen molar-refractivity contribution in [3.8, 4) is 0 Å². The molecule has 5 nitrogen and oxygen atoms in total. The van der Waals surface area contributed by atoms with Gasteiger partial charge in [0.15, 0.2) is 12.4 Å². The van der Waals surface area contributed by atoms with Crippen LogP contribution in [0.25, 0.3) is 10.8 Å². The maximum absolute atomic E-state index is 12.3. The molecule has 0 spiro atoms. The normalized spacial score (nSPS) is 10.4. The fraction of sp³-hybridized carbons (Fsp3) is 0.105. The number of esters is 1. The van der Waals surface area contributed by atoms with Gasteiger partial charge in [0.2, 0.25) is 6.54 Å². The van der Waals surface area contributed by atoms with Crippen LogP contribution in [0.4, 0.5) is 5.69 Å². The Labute approximate surface area is 139 Å². The van der Waals surface area contributed by atoms with E-state index in [4.69, 9.17) is 4.74 Å². The molecule has 3 aromatic rings. The quantitative estimate of drug-likeness (QED) is 0.593. The van der Waals surface area contributed by atoms with Gasteiger partial charge >= 0.3 is 5.97 Å². The highest BCUT2D eigenvalue weighted by Crippen LogP contribution is 2.16. The molecule has 120 valence electrons. The minimum atomic E-state index is -0.482. The van der Waals surface area contributed by atoms with Crippen molar-refractivity contribution in [1.29, 1.82) is 0 Å². The molecule has 1 amide bonds. The van der Waals surface area contributed by atoms with Crippen LogP contribution in [0.1, 0.15) is 10.4 Å². The summed E-state index contributed by atoms with van der Waals surface area (Å²) in [4.78, 5) is 24.0. The second kappa shape index (κ2) is 6.91. The number of para-hydroxylation sites is 1. The van der Waals surface area contributed by atoms with Gasteiger partial charge in [0.25, 0.3) is 5.91 Å². The van der Waals surface area contributed by atoms with Gasteiger partial charge in [0.1, 0.15) is 0 Å². The van der Waals surface area contributed by atoms with Crippen LogP contribution >= 0.6 is 0 Å². The number of methoxy groups -OCH3 is 1. The largest absolute Gasteiger partial charge is 0.465 e. The van der Waals surface area contributed by atoms with E-state index in [1.165, 1.54) is 7.11 Å². The number of amides is 1. The zero-order valence-corrected chi connectivity index (χ0v) is 13.2. The summed E-state index contributed by atoms with van der Waals surface area (Å²) >= 11 is 0. The molecule has 0 saturated heterocycles. The predicted octanol–water partition coefficient (Wildman–Crippen LogP) is 2.55. The fourth-order valence-corrected chi connectivity index (χ4v) is 2.51. The Kier molecular flexibility index (Phi) is 4.52. The second-order valence-electron chi connectivity index (χ2n) is 5.33. The lowest BCUT2D eigenvalue weighted by molar-refractivity contribution is -0.682. The molecule has 1 aromatic heterocycles. The Morgan fingerprint density at radius 3 is 2.50 bits per heavy atom. The van der Waals surface area contributed by atoms with Crippen molar-refractivity contribution in [3.63, 3.8) is 0 Å². The van der Waals surface area contributed by atoms with E-state index < -0.39 is 5.97 Å². The van der Waals surface area contributed by atoms with Gasteiger partial charge in [-0.15, -0.1) is 0 Å². The topological polar surface area (TPSA) is 59.3 Å². The first-order valence-corrected chi connectivity index (χ1v) is 7.52. The number of carbonyl (C=O) groups is 2. The molecular formula is C19H17N2O3+. The summed E-state index contributed by atoms with van der Waals surface area (Å²) in [6.07, 6.45) is 3.77. The Hall–Kier alpha value is -3.21. The van der Waals surface area contributed by atoms with Gasteiger partial charge in [-0.3, -0.25) is 4.79 Å². The van der Waals surface area contributed by atoms with Crippen LogP contribution < -0.4 is 9.88 Å². The van der Waals surface area contributed by atoms with Crippen molar-refractivity contribution < 1.29 is 18.9 Å². The maximum Gasteiger partial charge on any atom is 0.339 e.